The van der Waals surface area contributed by atoms with Gasteiger partial charge in [0.1, 0.15) is 12.4 Å². The molecule has 0 spiro atoms. The first-order valence-electron chi connectivity index (χ1n) is 7.95. The Balaban J connectivity index is 2.34. The van der Waals surface area contributed by atoms with Crippen molar-refractivity contribution in [1.29, 1.82) is 0 Å². The molecule has 0 bridgehead atoms. The molecule has 0 fully saturated rings. The van der Waals surface area contributed by atoms with Crippen molar-refractivity contribution in [1.82, 2.24) is 4.31 Å². The van der Waals surface area contributed by atoms with Crippen LogP contribution in [0.25, 0.3) is 0 Å². The minimum atomic E-state index is -4.05. The Morgan fingerprint density at radius 1 is 1.08 bits per heavy atom. The van der Waals surface area contributed by atoms with Crippen molar-refractivity contribution in [2.75, 3.05) is 30.3 Å². The zero-order chi connectivity index (χ0) is 19.5. The number of halogens is 1. The molecule has 1 N–H and O–H groups in total. The van der Waals surface area contributed by atoms with Crippen molar-refractivity contribution in [3.05, 3.63) is 59.4 Å². The molecule has 0 aliphatic heterocycles. The molecule has 0 saturated heterocycles. The lowest BCUT2D eigenvalue weighted by Gasteiger charge is -2.27. The molecule has 1 amide bonds. The number of amides is 1. The van der Waals surface area contributed by atoms with Gasteiger partial charge in [-0.3, -0.25) is 4.79 Å². The third-order valence-electron chi connectivity index (χ3n) is 4.03. The molecule has 26 heavy (non-hydrogen) atoms. The van der Waals surface area contributed by atoms with Gasteiger partial charge in [-0.25, -0.2) is 8.70 Å². The van der Waals surface area contributed by atoms with Crippen LogP contribution in [-0.4, -0.2) is 39.3 Å². The lowest BCUT2D eigenvalue weighted by atomic mass is 10.1. The van der Waals surface area contributed by atoms with E-state index in [1.165, 1.54) is 32.3 Å². The third kappa shape index (κ3) is 4.20. The fourth-order valence-electron chi connectivity index (χ4n) is 2.35. The van der Waals surface area contributed by atoms with Crippen molar-refractivity contribution >= 4 is 27.5 Å². The molecule has 0 unspecified atom stereocenters. The van der Waals surface area contributed by atoms with Crippen LogP contribution in [-0.2, 0) is 15.0 Å². The fraction of sp³-hybridized carbons (Fsp3) is 0.278. The maximum atomic E-state index is 14.2. The number of carbonyl (C=O) groups is 1. The maximum absolute atomic E-state index is 14.2. The molecule has 0 aliphatic carbocycles. The van der Waals surface area contributed by atoms with E-state index in [0.717, 1.165) is 25.8 Å². The summed E-state index contributed by atoms with van der Waals surface area (Å²) in [5, 5.41) is 2.70. The van der Waals surface area contributed by atoms with Crippen LogP contribution < -0.4 is 9.62 Å². The van der Waals surface area contributed by atoms with Gasteiger partial charge in [-0.2, -0.15) is 12.7 Å². The molecule has 140 valence electrons. The summed E-state index contributed by atoms with van der Waals surface area (Å²) in [7, 11) is -1.40. The fourth-order valence-corrected chi connectivity index (χ4v) is 3.42. The number of anilines is 2. The summed E-state index contributed by atoms with van der Waals surface area (Å²) < 4.78 is 41.1. The van der Waals surface area contributed by atoms with E-state index in [1.807, 2.05) is 19.9 Å². The second-order valence-electron chi connectivity index (χ2n) is 6.04. The molecule has 2 rings (SSSR count). The molecule has 0 aliphatic rings. The number of nitrogens with one attached hydrogen (secondary N) is 1. The minimum Gasteiger partial charge on any atom is -0.324 e. The number of para-hydroxylation sites is 1. The summed E-state index contributed by atoms with van der Waals surface area (Å²) >= 11 is 0. The second-order valence-corrected chi connectivity index (χ2v) is 8.11. The van der Waals surface area contributed by atoms with Crippen molar-refractivity contribution in [3.63, 3.8) is 0 Å². The number of benzene rings is 2. The van der Waals surface area contributed by atoms with Crippen molar-refractivity contribution < 1.29 is 17.6 Å². The number of hydrogen-bond acceptors (Lipinski definition) is 3. The smallest absolute Gasteiger partial charge is 0.304 e. The Bertz CT molecular complexity index is 914. The largest absolute Gasteiger partial charge is 0.324 e. The first-order valence-corrected chi connectivity index (χ1v) is 9.35. The first-order chi connectivity index (χ1) is 12.1. The van der Waals surface area contributed by atoms with Crippen molar-refractivity contribution in [2.24, 2.45) is 0 Å². The average molecular weight is 379 g/mol. The van der Waals surface area contributed by atoms with Crippen LogP contribution in [0.2, 0.25) is 0 Å². The molecule has 2 aromatic carbocycles. The van der Waals surface area contributed by atoms with Gasteiger partial charge >= 0.3 is 10.2 Å². The highest BCUT2D eigenvalue weighted by Crippen LogP contribution is 2.23. The standard InChI is InChI=1S/C18H22FN3O3S/c1-13-8-7-10-16(14(13)2)20-18(23)12-22(26(24,25)21(3)4)17-11-6-5-9-15(17)19/h5-11H,12H2,1-4H3,(H,20,23). The second kappa shape index (κ2) is 7.84. The Kier molecular flexibility index (Phi) is 5.99. The minimum absolute atomic E-state index is 0.183. The summed E-state index contributed by atoms with van der Waals surface area (Å²) in [6, 6.07) is 10.9. The zero-order valence-electron chi connectivity index (χ0n) is 15.2. The van der Waals surface area contributed by atoms with Crippen LogP contribution >= 0.6 is 0 Å². The van der Waals surface area contributed by atoms with Crippen LogP contribution in [0.4, 0.5) is 15.8 Å². The van der Waals surface area contributed by atoms with Crippen LogP contribution in [0.3, 0.4) is 0 Å². The summed E-state index contributed by atoms with van der Waals surface area (Å²) in [4.78, 5) is 12.5. The molecule has 2 aromatic rings. The van der Waals surface area contributed by atoms with E-state index in [4.69, 9.17) is 0 Å². The molecule has 0 saturated carbocycles. The Labute approximate surface area is 153 Å². The summed E-state index contributed by atoms with van der Waals surface area (Å²) in [6.45, 7) is 3.22. The highest BCUT2D eigenvalue weighted by atomic mass is 32.2. The lowest BCUT2D eigenvalue weighted by molar-refractivity contribution is -0.114. The van der Waals surface area contributed by atoms with E-state index in [2.05, 4.69) is 5.32 Å². The predicted octanol–water partition coefficient (Wildman–Crippen LogP) is 2.69. The Hall–Kier alpha value is -2.45. The molecule has 6 nitrogen and oxygen atoms in total. The van der Waals surface area contributed by atoms with E-state index >= 15 is 0 Å². The van der Waals surface area contributed by atoms with Crippen LogP contribution in [0.5, 0.6) is 0 Å². The molecular weight excluding hydrogens is 357 g/mol. The monoisotopic (exact) mass is 379 g/mol. The predicted molar refractivity (Wildman–Crippen MR) is 101 cm³/mol. The molecule has 8 heteroatoms. The maximum Gasteiger partial charge on any atom is 0.304 e. The third-order valence-corrected chi connectivity index (χ3v) is 5.83. The molecule has 0 aromatic heterocycles. The number of nitrogens with zero attached hydrogens (tertiary/aromatic N) is 2. The van der Waals surface area contributed by atoms with E-state index in [9.17, 15) is 17.6 Å². The van der Waals surface area contributed by atoms with Gasteiger partial charge in [0.15, 0.2) is 0 Å². The first kappa shape index (κ1) is 19.9. The highest BCUT2D eigenvalue weighted by Gasteiger charge is 2.29. The van der Waals surface area contributed by atoms with Crippen LogP contribution in [0, 0.1) is 19.7 Å². The van der Waals surface area contributed by atoms with Gasteiger partial charge in [-0.1, -0.05) is 24.3 Å². The van der Waals surface area contributed by atoms with E-state index in [1.54, 1.807) is 12.1 Å². The van der Waals surface area contributed by atoms with E-state index < -0.39 is 28.5 Å². The molecular formula is C18H22FN3O3S. The van der Waals surface area contributed by atoms with Crippen molar-refractivity contribution in [3.8, 4) is 0 Å². The summed E-state index contributed by atoms with van der Waals surface area (Å²) in [6.07, 6.45) is 0. The quantitative estimate of drug-likeness (QED) is 0.839. The molecule has 0 atom stereocenters. The van der Waals surface area contributed by atoms with Gasteiger partial charge in [-0.05, 0) is 43.2 Å². The van der Waals surface area contributed by atoms with Gasteiger partial charge in [0, 0.05) is 19.8 Å². The zero-order valence-corrected chi connectivity index (χ0v) is 16.0. The van der Waals surface area contributed by atoms with Crippen LogP contribution in [0.15, 0.2) is 42.5 Å². The molecule has 0 radical (unpaired) electrons. The Morgan fingerprint density at radius 2 is 1.73 bits per heavy atom. The van der Waals surface area contributed by atoms with E-state index in [0.29, 0.717) is 5.69 Å². The van der Waals surface area contributed by atoms with Gasteiger partial charge in [-0.15, -0.1) is 0 Å². The van der Waals surface area contributed by atoms with Gasteiger partial charge in [0.2, 0.25) is 5.91 Å². The number of hydrogen-bond donors (Lipinski definition) is 1. The van der Waals surface area contributed by atoms with Crippen molar-refractivity contribution in [2.45, 2.75) is 13.8 Å². The summed E-state index contributed by atoms with van der Waals surface area (Å²) in [5.41, 5.74) is 2.28. The summed E-state index contributed by atoms with van der Waals surface area (Å²) in [5.74, 6) is -1.29. The average Bonchev–Trinajstić information content (AvgIpc) is 2.57. The highest BCUT2D eigenvalue weighted by molar-refractivity contribution is 7.90. The van der Waals surface area contributed by atoms with Crippen LogP contribution in [0.1, 0.15) is 11.1 Å². The van der Waals surface area contributed by atoms with E-state index in [-0.39, 0.29) is 5.69 Å². The van der Waals surface area contributed by atoms with Gasteiger partial charge in [0.05, 0.1) is 5.69 Å². The topological polar surface area (TPSA) is 69.7 Å². The lowest BCUT2D eigenvalue weighted by Crippen LogP contribution is -2.44. The number of carbonyl (C=O) groups excluding carboxylic acids is 1. The Morgan fingerprint density at radius 3 is 2.35 bits per heavy atom. The number of rotatable bonds is 6. The number of aryl methyl sites for hydroxylation is 1. The SMILES string of the molecule is Cc1cccc(NC(=O)CN(c2ccccc2F)S(=O)(=O)N(C)C)c1C. The van der Waals surface area contributed by atoms with Gasteiger partial charge < -0.3 is 5.32 Å². The normalized spacial score (nSPS) is 11.5. The van der Waals surface area contributed by atoms with Gasteiger partial charge in [0.25, 0.3) is 0 Å². The molecule has 0 heterocycles.